The molecule has 0 saturated heterocycles. The van der Waals surface area contributed by atoms with Crippen LogP contribution in [0.2, 0.25) is 0 Å². The van der Waals surface area contributed by atoms with Crippen LogP contribution in [0.1, 0.15) is 5.56 Å². The zero-order chi connectivity index (χ0) is 14.8. The van der Waals surface area contributed by atoms with Crippen LogP contribution in [0.25, 0.3) is 0 Å². The molecular formula is C14H12BrN3O3. The fourth-order valence-electron chi connectivity index (χ4n) is 2.31. The molecule has 0 aliphatic carbocycles. The summed E-state index contributed by atoms with van der Waals surface area (Å²) < 4.78 is 6.26. The fraction of sp³-hybridized carbons (Fsp3) is 0.214. The van der Waals surface area contributed by atoms with Crippen LogP contribution in [0.3, 0.4) is 0 Å². The maximum atomic E-state index is 11.2. The summed E-state index contributed by atoms with van der Waals surface area (Å²) in [6.07, 6.45) is 1.57. The molecular weight excluding hydrogens is 338 g/mol. The largest absolute Gasteiger partial charge is 0.491 e. The second-order valence-electron chi connectivity index (χ2n) is 4.63. The van der Waals surface area contributed by atoms with Crippen molar-refractivity contribution in [2.24, 2.45) is 0 Å². The predicted molar refractivity (Wildman–Crippen MR) is 81.6 cm³/mol. The highest BCUT2D eigenvalue weighted by Crippen LogP contribution is 2.32. The number of aromatic nitrogens is 1. The zero-order valence-corrected chi connectivity index (χ0v) is 12.6. The van der Waals surface area contributed by atoms with E-state index in [-0.39, 0.29) is 5.69 Å². The Hall–Kier alpha value is -2.15. The summed E-state index contributed by atoms with van der Waals surface area (Å²) >= 11 is 3.22. The number of hydrogen-bond acceptors (Lipinski definition) is 5. The van der Waals surface area contributed by atoms with Crippen molar-refractivity contribution >= 4 is 27.4 Å². The number of anilines is 1. The number of ether oxygens (including phenoxy) is 1. The molecule has 0 saturated carbocycles. The molecule has 0 spiro atoms. The lowest BCUT2D eigenvalue weighted by Crippen LogP contribution is -2.26. The molecule has 0 bridgehead atoms. The van der Waals surface area contributed by atoms with E-state index in [1.807, 2.05) is 29.2 Å². The van der Waals surface area contributed by atoms with Crippen LogP contribution in [0.15, 0.2) is 41.0 Å². The standard InChI is InChI=1S/C14H12BrN3O3/c15-11-7-12(18(19)20)14(16-8-11)17-5-6-21-13-4-2-1-3-10(13)9-17/h1-4,7-8H,5-6,9H2. The van der Waals surface area contributed by atoms with Gasteiger partial charge in [0.15, 0.2) is 0 Å². The number of para-hydroxylation sites is 1. The molecule has 0 unspecified atom stereocenters. The summed E-state index contributed by atoms with van der Waals surface area (Å²) in [7, 11) is 0. The van der Waals surface area contributed by atoms with Crippen LogP contribution >= 0.6 is 15.9 Å². The summed E-state index contributed by atoms with van der Waals surface area (Å²) in [5.41, 5.74) is 0.984. The first-order valence-corrected chi connectivity index (χ1v) is 7.20. The third-order valence-electron chi connectivity index (χ3n) is 3.26. The highest BCUT2D eigenvalue weighted by molar-refractivity contribution is 9.10. The van der Waals surface area contributed by atoms with Gasteiger partial charge in [-0.15, -0.1) is 0 Å². The molecule has 7 heteroatoms. The number of benzene rings is 1. The van der Waals surface area contributed by atoms with E-state index in [9.17, 15) is 10.1 Å². The summed E-state index contributed by atoms with van der Waals surface area (Å²) in [6.45, 7) is 1.54. The first-order chi connectivity index (χ1) is 10.1. The zero-order valence-electron chi connectivity index (χ0n) is 11.0. The molecule has 2 aromatic rings. The second-order valence-corrected chi connectivity index (χ2v) is 5.55. The van der Waals surface area contributed by atoms with Crippen LogP contribution < -0.4 is 9.64 Å². The van der Waals surface area contributed by atoms with Crippen molar-refractivity contribution in [1.29, 1.82) is 0 Å². The minimum atomic E-state index is -0.412. The van der Waals surface area contributed by atoms with Crippen molar-refractivity contribution in [3.8, 4) is 5.75 Å². The highest BCUT2D eigenvalue weighted by Gasteiger charge is 2.24. The van der Waals surface area contributed by atoms with Gasteiger partial charge in [0.2, 0.25) is 5.82 Å². The minimum absolute atomic E-state index is 0.0104. The summed E-state index contributed by atoms with van der Waals surface area (Å²) in [6, 6.07) is 9.17. The molecule has 1 aromatic carbocycles. The molecule has 0 amide bonds. The van der Waals surface area contributed by atoms with Crippen molar-refractivity contribution in [3.63, 3.8) is 0 Å². The molecule has 108 valence electrons. The third kappa shape index (κ3) is 2.82. The Bertz CT molecular complexity index is 693. The van der Waals surface area contributed by atoms with Gasteiger partial charge in [-0.2, -0.15) is 0 Å². The third-order valence-corrected chi connectivity index (χ3v) is 3.70. The van der Waals surface area contributed by atoms with Crippen LogP contribution in [0, 0.1) is 10.1 Å². The Morgan fingerprint density at radius 3 is 3.00 bits per heavy atom. The number of halogens is 1. The molecule has 2 heterocycles. The monoisotopic (exact) mass is 349 g/mol. The van der Waals surface area contributed by atoms with E-state index >= 15 is 0 Å². The van der Waals surface area contributed by atoms with Crippen molar-refractivity contribution in [1.82, 2.24) is 4.98 Å². The maximum absolute atomic E-state index is 11.2. The van der Waals surface area contributed by atoms with Crippen molar-refractivity contribution < 1.29 is 9.66 Å². The van der Waals surface area contributed by atoms with Gasteiger partial charge in [0, 0.05) is 28.8 Å². The van der Waals surface area contributed by atoms with Gasteiger partial charge in [0.1, 0.15) is 12.4 Å². The van der Waals surface area contributed by atoms with E-state index in [4.69, 9.17) is 4.74 Å². The Balaban J connectivity index is 2.00. The number of fused-ring (bicyclic) bond motifs is 1. The molecule has 1 aromatic heterocycles. The fourth-order valence-corrected chi connectivity index (χ4v) is 2.63. The van der Waals surface area contributed by atoms with E-state index in [2.05, 4.69) is 20.9 Å². The predicted octanol–water partition coefficient (Wildman–Crippen LogP) is 3.15. The van der Waals surface area contributed by atoms with E-state index < -0.39 is 4.92 Å². The average molecular weight is 350 g/mol. The number of nitro groups is 1. The molecule has 0 fully saturated rings. The SMILES string of the molecule is O=[N+]([O-])c1cc(Br)cnc1N1CCOc2ccccc2C1. The first kappa shape index (κ1) is 13.8. The number of rotatable bonds is 2. The van der Waals surface area contributed by atoms with Crippen molar-refractivity contribution in [2.45, 2.75) is 6.54 Å². The summed E-state index contributed by atoms with van der Waals surface area (Å²) in [5.74, 6) is 1.18. The number of pyridine rings is 1. The van der Waals surface area contributed by atoms with Crippen LogP contribution in [-0.4, -0.2) is 23.1 Å². The van der Waals surface area contributed by atoms with E-state index in [1.165, 1.54) is 6.07 Å². The Kier molecular flexibility index (Phi) is 3.74. The molecule has 3 rings (SSSR count). The topological polar surface area (TPSA) is 68.5 Å². The van der Waals surface area contributed by atoms with Gasteiger partial charge >= 0.3 is 5.69 Å². The average Bonchev–Trinajstić information content (AvgIpc) is 2.69. The van der Waals surface area contributed by atoms with Gasteiger partial charge in [-0.3, -0.25) is 10.1 Å². The summed E-state index contributed by atoms with van der Waals surface area (Å²) in [5, 5.41) is 11.2. The van der Waals surface area contributed by atoms with Crippen molar-refractivity contribution in [2.75, 3.05) is 18.1 Å². The quantitative estimate of drug-likeness (QED) is 0.615. The molecule has 21 heavy (non-hydrogen) atoms. The normalized spacial score (nSPS) is 14.0. The Morgan fingerprint density at radius 2 is 2.19 bits per heavy atom. The van der Waals surface area contributed by atoms with Gasteiger partial charge in [0.25, 0.3) is 0 Å². The number of hydrogen-bond donors (Lipinski definition) is 0. The lowest BCUT2D eigenvalue weighted by Gasteiger charge is -2.20. The number of nitrogens with zero attached hydrogens (tertiary/aromatic N) is 3. The van der Waals surface area contributed by atoms with Gasteiger partial charge in [-0.25, -0.2) is 4.98 Å². The van der Waals surface area contributed by atoms with Gasteiger partial charge in [-0.05, 0) is 22.0 Å². The Labute approximate surface area is 129 Å². The highest BCUT2D eigenvalue weighted by atomic mass is 79.9. The smallest absolute Gasteiger partial charge is 0.312 e. The van der Waals surface area contributed by atoms with Gasteiger partial charge < -0.3 is 9.64 Å². The van der Waals surface area contributed by atoms with Gasteiger partial charge in [0.05, 0.1) is 11.5 Å². The Morgan fingerprint density at radius 1 is 1.38 bits per heavy atom. The summed E-state index contributed by atoms with van der Waals surface area (Å²) in [4.78, 5) is 16.9. The molecule has 1 aliphatic rings. The van der Waals surface area contributed by atoms with Gasteiger partial charge in [-0.1, -0.05) is 18.2 Å². The minimum Gasteiger partial charge on any atom is -0.491 e. The lowest BCUT2D eigenvalue weighted by atomic mass is 10.2. The van der Waals surface area contributed by atoms with E-state index in [0.717, 1.165) is 11.3 Å². The lowest BCUT2D eigenvalue weighted by molar-refractivity contribution is -0.384. The van der Waals surface area contributed by atoms with Crippen LogP contribution in [0.4, 0.5) is 11.5 Å². The second kappa shape index (κ2) is 5.69. The maximum Gasteiger partial charge on any atom is 0.312 e. The van der Waals surface area contributed by atoms with Crippen molar-refractivity contribution in [3.05, 3.63) is 56.7 Å². The first-order valence-electron chi connectivity index (χ1n) is 6.41. The molecule has 1 aliphatic heterocycles. The van der Waals surface area contributed by atoms with Crippen LogP contribution in [-0.2, 0) is 6.54 Å². The van der Waals surface area contributed by atoms with E-state index in [1.54, 1.807) is 6.20 Å². The molecule has 6 nitrogen and oxygen atoms in total. The molecule has 0 atom stereocenters. The van der Waals surface area contributed by atoms with Crippen LogP contribution in [0.5, 0.6) is 5.75 Å². The van der Waals surface area contributed by atoms with E-state index in [0.29, 0.717) is 30.0 Å². The molecule has 0 radical (unpaired) electrons. The molecule has 0 N–H and O–H groups in total.